The van der Waals surface area contributed by atoms with Gasteiger partial charge >= 0.3 is 6.18 Å². The van der Waals surface area contributed by atoms with Gasteiger partial charge in [0.05, 0.1) is 22.6 Å². The number of alkyl halides is 3. The van der Waals surface area contributed by atoms with Crippen molar-refractivity contribution < 1.29 is 31.1 Å². The van der Waals surface area contributed by atoms with Crippen LogP contribution in [0, 0.1) is 11.6 Å². The van der Waals surface area contributed by atoms with Gasteiger partial charge in [0.1, 0.15) is 11.6 Å². The summed E-state index contributed by atoms with van der Waals surface area (Å²) < 4.78 is 79.9. The number of rotatable bonds is 5. The highest BCUT2D eigenvalue weighted by atomic mass is 35.5. The molecule has 34 heavy (non-hydrogen) atoms. The first-order chi connectivity index (χ1) is 16.0. The van der Waals surface area contributed by atoms with E-state index in [1.165, 1.54) is 30.3 Å². The van der Waals surface area contributed by atoms with Crippen LogP contribution in [0.3, 0.4) is 0 Å². The van der Waals surface area contributed by atoms with E-state index < -0.39 is 34.8 Å². The Morgan fingerprint density at radius 2 is 1.76 bits per heavy atom. The molecule has 176 valence electrons. The fraction of sp³-hybridized carbons (Fsp3) is 0.0909. The fourth-order valence-electron chi connectivity index (χ4n) is 3.13. The van der Waals surface area contributed by atoms with Crippen LogP contribution in [0.4, 0.5) is 27.6 Å². The lowest BCUT2D eigenvalue weighted by Crippen LogP contribution is -2.08. The molecule has 0 bridgehead atoms. The van der Waals surface area contributed by atoms with E-state index in [0.717, 1.165) is 12.1 Å². The molecule has 0 spiro atoms. The van der Waals surface area contributed by atoms with E-state index in [2.05, 4.69) is 10.2 Å². The molecule has 0 unspecified atom stereocenters. The number of nitrogens with two attached hydrogens (primary N) is 1. The smallest absolute Gasteiger partial charge is 0.417 e. The molecule has 0 aliphatic rings. The Hall–Kier alpha value is -3.37. The molecule has 1 heterocycles. The van der Waals surface area contributed by atoms with E-state index in [0.29, 0.717) is 6.07 Å². The molecule has 0 fully saturated rings. The third-order valence-corrected chi connectivity index (χ3v) is 5.10. The van der Waals surface area contributed by atoms with Crippen molar-refractivity contribution in [3.05, 3.63) is 87.2 Å². The summed E-state index contributed by atoms with van der Waals surface area (Å²) in [5.41, 5.74) is 3.79. The van der Waals surface area contributed by atoms with E-state index in [-0.39, 0.29) is 45.1 Å². The van der Waals surface area contributed by atoms with Crippen LogP contribution in [0.25, 0.3) is 11.5 Å². The highest BCUT2D eigenvalue weighted by Crippen LogP contribution is 2.39. The van der Waals surface area contributed by atoms with Gasteiger partial charge in [0.2, 0.25) is 5.89 Å². The molecule has 0 amide bonds. The molecule has 0 saturated heterocycles. The Kier molecular flexibility index (Phi) is 6.37. The number of nitrogen functional groups attached to an aromatic ring is 1. The van der Waals surface area contributed by atoms with E-state index in [4.69, 9.17) is 38.1 Å². The molecule has 0 atom stereocenters. The molecule has 0 radical (unpaired) electrons. The normalized spacial score (nSPS) is 11.6. The largest absolute Gasteiger partial charge is 0.453 e. The first-order valence-electron chi connectivity index (χ1n) is 9.42. The van der Waals surface area contributed by atoms with Crippen LogP contribution in [0.5, 0.6) is 11.5 Å². The number of ether oxygens (including phenoxy) is 1. The molecule has 0 aliphatic heterocycles. The van der Waals surface area contributed by atoms with Crippen molar-refractivity contribution in [3.63, 3.8) is 0 Å². The van der Waals surface area contributed by atoms with Crippen LogP contribution < -0.4 is 10.5 Å². The maximum Gasteiger partial charge on any atom is 0.417 e. The predicted octanol–water partition coefficient (Wildman–Crippen LogP) is 7.31. The minimum absolute atomic E-state index is 0.0193. The Balaban J connectivity index is 1.65. The molecule has 4 rings (SSSR count). The van der Waals surface area contributed by atoms with E-state index in [1.54, 1.807) is 0 Å². The zero-order valence-corrected chi connectivity index (χ0v) is 18.3. The maximum absolute atomic E-state index is 15.1. The van der Waals surface area contributed by atoms with Crippen LogP contribution in [0.1, 0.15) is 17.0 Å². The van der Waals surface area contributed by atoms with Gasteiger partial charge in [-0.25, -0.2) is 8.78 Å². The number of nitrogens with zero attached hydrogens (tertiary/aromatic N) is 2. The highest BCUT2D eigenvalue weighted by Gasteiger charge is 2.36. The van der Waals surface area contributed by atoms with E-state index >= 15 is 4.39 Å². The van der Waals surface area contributed by atoms with Crippen LogP contribution in [-0.4, -0.2) is 10.2 Å². The monoisotopic (exact) mass is 515 g/mol. The van der Waals surface area contributed by atoms with Crippen LogP contribution in [0.2, 0.25) is 10.0 Å². The quantitative estimate of drug-likeness (QED) is 0.223. The number of hydrogen-bond donors (Lipinski definition) is 1. The lowest BCUT2D eigenvalue weighted by Gasteiger charge is -2.12. The third kappa shape index (κ3) is 4.92. The summed E-state index contributed by atoms with van der Waals surface area (Å²) in [5, 5.41) is 7.33. The van der Waals surface area contributed by atoms with Crippen molar-refractivity contribution in [1.82, 2.24) is 10.2 Å². The molecule has 5 nitrogen and oxygen atoms in total. The second-order valence-corrected chi connectivity index (χ2v) is 7.85. The highest BCUT2D eigenvalue weighted by molar-refractivity contribution is 6.32. The van der Waals surface area contributed by atoms with Gasteiger partial charge in [0, 0.05) is 22.3 Å². The fourth-order valence-corrected chi connectivity index (χ4v) is 3.55. The van der Waals surface area contributed by atoms with Crippen molar-refractivity contribution in [2.24, 2.45) is 0 Å². The van der Waals surface area contributed by atoms with Crippen molar-refractivity contribution >= 4 is 28.9 Å². The minimum atomic E-state index is -4.86. The lowest BCUT2D eigenvalue weighted by molar-refractivity contribution is -0.137. The third-order valence-electron chi connectivity index (χ3n) is 4.58. The number of anilines is 1. The van der Waals surface area contributed by atoms with Crippen molar-refractivity contribution in [1.29, 1.82) is 0 Å². The molecule has 0 aliphatic carbocycles. The van der Waals surface area contributed by atoms with Gasteiger partial charge in [-0.15, -0.1) is 10.2 Å². The number of aromatic nitrogens is 2. The lowest BCUT2D eigenvalue weighted by atomic mass is 10.1. The molecule has 12 heteroatoms. The van der Waals surface area contributed by atoms with Gasteiger partial charge in [-0.1, -0.05) is 35.3 Å². The summed E-state index contributed by atoms with van der Waals surface area (Å²) in [6.45, 7) is 0. The summed E-state index contributed by atoms with van der Waals surface area (Å²) in [6.07, 6.45) is -5.19. The number of hydrogen-bond acceptors (Lipinski definition) is 5. The summed E-state index contributed by atoms with van der Waals surface area (Å²) >= 11 is 12.0. The van der Waals surface area contributed by atoms with Crippen molar-refractivity contribution in [3.8, 4) is 23.0 Å². The standard InChI is InChI=1S/C22H12Cl2F5N3O2/c23-11-7-12(30)9-13(8-11)33-20-15(24)5-4-10(19(20)26)6-17-31-32-21(34-17)18-14(22(27,28)29)2-1-3-16(18)25/h1-5,7-9H,6,30H2. The number of halogens is 7. The molecular formula is C22H12Cl2F5N3O2. The van der Waals surface area contributed by atoms with Gasteiger partial charge < -0.3 is 14.9 Å². The Morgan fingerprint density at radius 1 is 1.00 bits per heavy atom. The molecule has 3 aromatic carbocycles. The van der Waals surface area contributed by atoms with Gasteiger partial charge in [0.15, 0.2) is 11.6 Å². The average molecular weight is 516 g/mol. The molecular weight excluding hydrogens is 504 g/mol. The number of benzene rings is 3. The topological polar surface area (TPSA) is 74.2 Å². The Bertz CT molecular complexity index is 1360. The second-order valence-electron chi connectivity index (χ2n) is 7.01. The SMILES string of the molecule is Nc1cc(Cl)cc(Oc2c(Cl)ccc(Cc3nnc(-c4c(F)cccc4C(F)(F)F)o3)c2F)c1. The summed E-state index contributed by atoms with van der Waals surface area (Å²) in [6, 6.07) is 9.37. The van der Waals surface area contributed by atoms with Crippen LogP contribution >= 0.6 is 23.2 Å². The van der Waals surface area contributed by atoms with Crippen LogP contribution in [-0.2, 0) is 12.6 Å². The Morgan fingerprint density at radius 3 is 2.47 bits per heavy atom. The molecule has 2 N–H and O–H groups in total. The van der Waals surface area contributed by atoms with Crippen LogP contribution in [0.15, 0.2) is 52.9 Å². The summed E-state index contributed by atoms with van der Waals surface area (Å²) in [7, 11) is 0. The first-order valence-corrected chi connectivity index (χ1v) is 10.2. The van der Waals surface area contributed by atoms with E-state index in [1.807, 2.05) is 0 Å². The second kappa shape index (κ2) is 9.11. The molecule has 4 aromatic rings. The Labute approximate surface area is 198 Å². The van der Waals surface area contributed by atoms with Gasteiger partial charge in [-0.05, 0) is 30.3 Å². The van der Waals surface area contributed by atoms with Gasteiger partial charge in [-0.3, -0.25) is 0 Å². The van der Waals surface area contributed by atoms with Gasteiger partial charge in [-0.2, -0.15) is 13.2 Å². The maximum atomic E-state index is 15.1. The molecule has 0 saturated carbocycles. The average Bonchev–Trinajstić information content (AvgIpc) is 3.20. The summed E-state index contributed by atoms with van der Waals surface area (Å²) in [5.74, 6) is -3.24. The molecule has 1 aromatic heterocycles. The zero-order chi connectivity index (χ0) is 24.6. The van der Waals surface area contributed by atoms with E-state index in [9.17, 15) is 17.6 Å². The first kappa shape index (κ1) is 23.8. The van der Waals surface area contributed by atoms with Gasteiger partial charge in [0.25, 0.3) is 5.89 Å². The van der Waals surface area contributed by atoms with Crippen molar-refractivity contribution in [2.75, 3.05) is 5.73 Å². The predicted molar refractivity (Wildman–Crippen MR) is 115 cm³/mol. The van der Waals surface area contributed by atoms with Crippen molar-refractivity contribution in [2.45, 2.75) is 12.6 Å². The summed E-state index contributed by atoms with van der Waals surface area (Å²) in [4.78, 5) is 0. The zero-order valence-electron chi connectivity index (χ0n) is 16.8. The minimum Gasteiger partial charge on any atom is -0.453 e.